The van der Waals surface area contributed by atoms with Gasteiger partial charge < -0.3 is 15.2 Å². The minimum atomic E-state index is -1.01. The number of anilines is 2. The molecule has 6 heteroatoms. The molecule has 110 valence electrons. The van der Waals surface area contributed by atoms with Crippen molar-refractivity contribution in [2.75, 3.05) is 5.32 Å². The van der Waals surface area contributed by atoms with Gasteiger partial charge in [-0.15, -0.1) is 0 Å². The molecule has 2 rings (SSSR count). The Kier molecular flexibility index (Phi) is 4.94. The summed E-state index contributed by atoms with van der Waals surface area (Å²) >= 11 is 11.9. The number of benzene rings is 2. The summed E-state index contributed by atoms with van der Waals surface area (Å²) in [6, 6.07) is 12.1. The van der Waals surface area contributed by atoms with Crippen LogP contribution in [-0.2, 0) is 4.79 Å². The molecule has 0 aliphatic carbocycles. The van der Waals surface area contributed by atoms with Gasteiger partial charge in [0, 0.05) is 10.7 Å². The molecule has 0 spiro atoms. The maximum Gasteiger partial charge on any atom is 0.344 e. The number of carbonyl (C=O) groups is 1. The quantitative estimate of drug-likeness (QED) is 0.844. The summed E-state index contributed by atoms with van der Waals surface area (Å²) in [6.45, 7) is 1.47. The number of ether oxygens (including phenoxy) is 1. The lowest BCUT2D eigenvalue weighted by atomic mass is 10.2. The van der Waals surface area contributed by atoms with Gasteiger partial charge in [-0.2, -0.15) is 0 Å². The van der Waals surface area contributed by atoms with Gasteiger partial charge in [0.15, 0.2) is 6.10 Å². The third-order valence-electron chi connectivity index (χ3n) is 2.73. The molecule has 21 heavy (non-hydrogen) atoms. The maximum atomic E-state index is 10.7. The van der Waals surface area contributed by atoms with Gasteiger partial charge >= 0.3 is 5.97 Å². The summed E-state index contributed by atoms with van der Waals surface area (Å²) < 4.78 is 5.25. The maximum absolute atomic E-state index is 10.7. The molecule has 0 bridgehead atoms. The normalized spacial score (nSPS) is 11.8. The highest BCUT2D eigenvalue weighted by Crippen LogP contribution is 2.29. The Morgan fingerprint density at radius 1 is 1.19 bits per heavy atom. The van der Waals surface area contributed by atoms with E-state index < -0.39 is 12.1 Å². The smallest absolute Gasteiger partial charge is 0.344 e. The highest BCUT2D eigenvalue weighted by molar-refractivity contribution is 6.36. The summed E-state index contributed by atoms with van der Waals surface area (Å²) in [5.41, 5.74) is 1.53. The van der Waals surface area contributed by atoms with Crippen molar-refractivity contribution >= 4 is 40.5 Å². The van der Waals surface area contributed by atoms with Crippen molar-refractivity contribution in [3.8, 4) is 5.75 Å². The topological polar surface area (TPSA) is 58.6 Å². The van der Waals surface area contributed by atoms with E-state index >= 15 is 0 Å². The van der Waals surface area contributed by atoms with Crippen LogP contribution in [0, 0.1) is 0 Å². The Morgan fingerprint density at radius 3 is 2.43 bits per heavy atom. The second-order valence-electron chi connectivity index (χ2n) is 4.37. The molecule has 0 radical (unpaired) electrons. The van der Waals surface area contributed by atoms with E-state index in [0.717, 1.165) is 11.4 Å². The number of nitrogens with one attached hydrogen (secondary N) is 1. The first-order chi connectivity index (χ1) is 9.95. The first kappa shape index (κ1) is 15.5. The van der Waals surface area contributed by atoms with Crippen LogP contribution in [-0.4, -0.2) is 17.2 Å². The lowest BCUT2D eigenvalue weighted by Gasteiger charge is -2.12. The summed E-state index contributed by atoms with van der Waals surface area (Å²) in [7, 11) is 0. The van der Waals surface area contributed by atoms with Gasteiger partial charge in [-0.3, -0.25) is 0 Å². The highest BCUT2D eigenvalue weighted by Gasteiger charge is 2.12. The van der Waals surface area contributed by atoms with Gasteiger partial charge in [0.05, 0.1) is 10.7 Å². The fraction of sp³-hybridized carbons (Fsp3) is 0.133. The molecule has 0 aliphatic rings. The van der Waals surface area contributed by atoms with Gasteiger partial charge in [-0.1, -0.05) is 23.2 Å². The van der Waals surface area contributed by atoms with Crippen LogP contribution in [0.3, 0.4) is 0 Å². The van der Waals surface area contributed by atoms with Gasteiger partial charge in [0.2, 0.25) is 0 Å². The van der Waals surface area contributed by atoms with Crippen LogP contribution in [0.15, 0.2) is 42.5 Å². The molecule has 2 aromatic rings. The second-order valence-corrected chi connectivity index (χ2v) is 5.22. The highest BCUT2D eigenvalue weighted by atomic mass is 35.5. The van der Waals surface area contributed by atoms with E-state index in [1.54, 1.807) is 42.5 Å². The summed E-state index contributed by atoms with van der Waals surface area (Å²) in [4.78, 5) is 10.7. The Balaban J connectivity index is 2.07. The number of hydrogen-bond donors (Lipinski definition) is 2. The largest absolute Gasteiger partial charge is 0.479 e. The van der Waals surface area contributed by atoms with Gasteiger partial charge in [-0.05, 0) is 49.4 Å². The van der Waals surface area contributed by atoms with Crippen LogP contribution in [0.1, 0.15) is 6.92 Å². The van der Waals surface area contributed by atoms with Crippen molar-refractivity contribution in [2.24, 2.45) is 0 Å². The molecule has 1 unspecified atom stereocenters. The average Bonchev–Trinajstić information content (AvgIpc) is 2.43. The summed E-state index contributed by atoms with van der Waals surface area (Å²) in [6.07, 6.45) is -0.894. The molecule has 0 heterocycles. The van der Waals surface area contributed by atoms with E-state index in [1.165, 1.54) is 6.92 Å². The van der Waals surface area contributed by atoms with Crippen LogP contribution in [0.25, 0.3) is 0 Å². The monoisotopic (exact) mass is 325 g/mol. The number of rotatable bonds is 5. The van der Waals surface area contributed by atoms with Gasteiger partial charge in [0.1, 0.15) is 5.75 Å². The van der Waals surface area contributed by atoms with Crippen molar-refractivity contribution in [2.45, 2.75) is 13.0 Å². The molecule has 0 aliphatic heterocycles. The molecule has 0 saturated heterocycles. The SMILES string of the molecule is CC(Oc1ccc(Nc2ccc(Cl)cc2Cl)cc1)C(=O)O. The van der Waals surface area contributed by atoms with Crippen molar-refractivity contribution in [1.29, 1.82) is 0 Å². The van der Waals surface area contributed by atoms with Crippen molar-refractivity contribution < 1.29 is 14.6 Å². The predicted molar refractivity (Wildman–Crippen MR) is 83.9 cm³/mol. The number of halogens is 2. The first-order valence-electron chi connectivity index (χ1n) is 6.17. The molecule has 2 aromatic carbocycles. The van der Waals surface area contributed by atoms with Crippen molar-refractivity contribution in [3.63, 3.8) is 0 Å². The first-order valence-corrected chi connectivity index (χ1v) is 6.93. The van der Waals surface area contributed by atoms with Crippen molar-refractivity contribution in [3.05, 3.63) is 52.5 Å². The van der Waals surface area contributed by atoms with Crippen LogP contribution in [0.4, 0.5) is 11.4 Å². The summed E-state index contributed by atoms with van der Waals surface area (Å²) in [5, 5.41) is 13.0. The van der Waals surface area contributed by atoms with E-state index in [4.69, 9.17) is 33.0 Å². The van der Waals surface area contributed by atoms with Gasteiger partial charge in [0.25, 0.3) is 0 Å². The zero-order valence-corrected chi connectivity index (χ0v) is 12.7. The minimum Gasteiger partial charge on any atom is -0.479 e. The number of aliphatic carboxylic acids is 1. The van der Waals surface area contributed by atoms with E-state index in [2.05, 4.69) is 5.32 Å². The van der Waals surface area contributed by atoms with E-state index in [1.807, 2.05) is 0 Å². The fourth-order valence-electron chi connectivity index (χ4n) is 1.62. The Labute approximate surface area is 132 Å². The third-order valence-corrected chi connectivity index (χ3v) is 3.27. The second kappa shape index (κ2) is 6.70. The van der Waals surface area contributed by atoms with E-state index in [9.17, 15) is 4.79 Å². The minimum absolute atomic E-state index is 0.484. The Bertz CT molecular complexity index is 644. The summed E-state index contributed by atoms with van der Waals surface area (Å²) in [5.74, 6) is -0.525. The molecule has 2 N–H and O–H groups in total. The van der Waals surface area contributed by atoms with Gasteiger partial charge in [-0.25, -0.2) is 4.79 Å². The zero-order valence-electron chi connectivity index (χ0n) is 11.1. The lowest BCUT2D eigenvalue weighted by Crippen LogP contribution is -2.22. The number of hydrogen-bond acceptors (Lipinski definition) is 3. The average molecular weight is 326 g/mol. The standard InChI is InChI=1S/C15H13Cl2NO3/c1-9(15(19)20)21-12-5-3-11(4-6-12)18-14-7-2-10(16)8-13(14)17/h2-9,18H,1H3,(H,19,20). The van der Waals surface area contributed by atoms with Crippen LogP contribution in [0.5, 0.6) is 5.75 Å². The zero-order chi connectivity index (χ0) is 15.4. The molecular weight excluding hydrogens is 313 g/mol. The van der Waals surface area contributed by atoms with E-state index in [-0.39, 0.29) is 0 Å². The molecule has 4 nitrogen and oxygen atoms in total. The molecule has 0 fully saturated rings. The predicted octanol–water partition coefficient (Wildman–Crippen LogP) is 4.59. The fourth-order valence-corrected chi connectivity index (χ4v) is 2.07. The Hall–Kier alpha value is -1.91. The molecule has 0 aromatic heterocycles. The third kappa shape index (κ3) is 4.28. The molecule has 1 atom stereocenters. The molecular formula is C15H13Cl2NO3. The van der Waals surface area contributed by atoms with Crippen LogP contribution >= 0.6 is 23.2 Å². The van der Waals surface area contributed by atoms with Crippen LogP contribution < -0.4 is 10.1 Å². The lowest BCUT2D eigenvalue weighted by molar-refractivity contribution is -0.144. The van der Waals surface area contributed by atoms with Crippen LogP contribution in [0.2, 0.25) is 10.0 Å². The van der Waals surface area contributed by atoms with E-state index in [0.29, 0.717) is 15.8 Å². The number of carboxylic acids is 1. The molecule has 0 saturated carbocycles. The molecule has 0 amide bonds. The van der Waals surface area contributed by atoms with Crippen molar-refractivity contribution in [1.82, 2.24) is 0 Å². The Morgan fingerprint density at radius 2 is 1.86 bits per heavy atom. The number of carboxylic acid groups (broad SMARTS) is 1.